The molecule has 3 heterocycles. The number of carboxylic acid groups (broad SMARTS) is 2. The lowest BCUT2D eigenvalue weighted by Gasteiger charge is -2.41. The molecule has 23 heavy (non-hydrogen) atoms. The smallest absolute Gasteiger partial charge is 0.450 e. The van der Waals surface area contributed by atoms with Crippen LogP contribution in [0.3, 0.4) is 0 Å². The first-order chi connectivity index (χ1) is 10.7. The van der Waals surface area contributed by atoms with Crippen molar-refractivity contribution in [3.05, 3.63) is 0 Å². The number of hydrogen-bond donors (Lipinski definition) is 3. The van der Waals surface area contributed by atoms with Gasteiger partial charge < -0.3 is 30.2 Å². The quantitative estimate of drug-likeness (QED) is 0.693. The molecule has 4 N–H and O–H groups in total. The molecule has 0 amide bonds. The van der Waals surface area contributed by atoms with Crippen LogP contribution in [0.15, 0.2) is 0 Å². The number of likely N-dealkylation sites (tertiary alicyclic amines) is 1. The fraction of sp³-hybridized carbons (Fsp3) is 0.933. The summed E-state index contributed by atoms with van der Waals surface area (Å²) in [4.78, 5) is 11.0. The van der Waals surface area contributed by atoms with Gasteiger partial charge in [-0.25, -0.2) is 4.79 Å². The van der Waals surface area contributed by atoms with E-state index >= 15 is 0 Å². The van der Waals surface area contributed by atoms with Gasteiger partial charge >= 0.3 is 6.16 Å². The molecule has 0 aromatic rings. The van der Waals surface area contributed by atoms with Gasteiger partial charge in [0.05, 0.1) is 13.2 Å². The zero-order chi connectivity index (χ0) is 17.1. The van der Waals surface area contributed by atoms with E-state index < -0.39 is 17.7 Å². The minimum Gasteiger partial charge on any atom is -0.450 e. The second kappa shape index (κ2) is 7.31. The molecule has 134 valence electrons. The van der Waals surface area contributed by atoms with Crippen LogP contribution in [0.5, 0.6) is 0 Å². The Balaban J connectivity index is 0.000000433. The number of rotatable bonds is 2. The normalized spacial score (nSPS) is 34.3. The molecule has 3 saturated heterocycles. The number of nitrogens with two attached hydrogens (primary N) is 1. The Morgan fingerprint density at radius 1 is 1.26 bits per heavy atom. The lowest BCUT2D eigenvalue weighted by Crippen LogP contribution is -2.56. The molecule has 2 atom stereocenters. The van der Waals surface area contributed by atoms with Gasteiger partial charge in [-0.05, 0) is 52.6 Å². The van der Waals surface area contributed by atoms with Crippen molar-refractivity contribution < 1.29 is 29.2 Å². The fourth-order valence-corrected chi connectivity index (χ4v) is 3.46. The summed E-state index contributed by atoms with van der Waals surface area (Å²) in [5.41, 5.74) is 5.96. The van der Waals surface area contributed by atoms with Crippen molar-refractivity contribution in [3.63, 3.8) is 0 Å². The van der Waals surface area contributed by atoms with E-state index in [0.717, 1.165) is 51.9 Å². The molecule has 8 heteroatoms. The molecule has 0 aromatic carbocycles. The van der Waals surface area contributed by atoms with Crippen LogP contribution in [0.1, 0.15) is 39.5 Å². The van der Waals surface area contributed by atoms with E-state index in [1.165, 1.54) is 0 Å². The van der Waals surface area contributed by atoms with Crippen LogP contribution in [0.4, 0.5) is 4.79 Å². The van der Waals surface area contributed by atoms with Crippen molar-refractivity contribution in [2.24, 2.45) is 5.73 Å². The molecule has 3 fully saturated rings. The third-order valence-corrected chi connectivity index (χ3v) is 4.37. The molecule has 3 aliphatic heterocycles. The van der Waals surface area contributed by atoms with E-state index in [-0.39, 0.29) is 6.10 Å². The number of fused-ring (bicyclic) bond motifs is 1. The number of nitrogens with zero attached hydrogens (tertiary/aromatic N) is 1. The largest absolute Gasteiger partial charge is 0.503 e. The van der Waals surface area contributed by atoms with Crippen molar-refractivity contribution >= 4 is 6.16 Å². The van der Waals surface area contributed by atoms with Gasteiger partial charge in [-0.2, -0.15) is 0 Å². The highest BCUT2D eigenvalue weighted by molar-refractivity contribution is 5.53. The summed E-state index contributed by atoms with van der Waals surface area (Å²) in [5, 5.41) is 13.9. The van der Waals surface area contributed by atoms with Crippen molar-refractivity contribution in [1.82, 2.24) is 4.90 Å². The topological polar surface area (TPSA) is 114 Å². The first-order valence-electron chi connectivity index (χ1n) is 8.14. The van der Waals surface area contributed by atoms with Gasteiger partial charge in [0.2, 0.25) is 5.79 Å². The predicted molar refractivity (Wildman–Crippen MR) is 82.3 cm³/mol. The Hall–Kier alpha value is -0.930. The Labute approximate surface area is 136 Å². The maximum absolute atomic E-state index is 8.56. The summed E-state index contributed by atoms with van der Waals surface area (Å²) in [5.74, 6) is -1.11. The predicted octanol–water partition coefficient (Wildman–Crippen LogP) is 1.29. The van der Waals surface area contributed by atoms with Crippen LogP contribution < -0.4 is 5.73 Å². The molecule has 0 aliphatic carbocycles. The maximum atomic E-state index is 8.56. The highest BCUT2D eigenvalue weighted by Gasteiger charge is 2.56. The summed E-state index contributed by atoms with van der Waals surface area (Å²) in [6.07, 6.45) is 2.43. The van der Waals surface area contributed by atoms with Crippen molar-refractivity contribution in [2.45, 2.75) is 63.3 Å². The van der Waals surface area contributed by atoms with Gasteiger partial charge in [-0.1, -0.05) is 0 Å². The van der Waals surface area contributed by atoms with E-state index in [1.54, 1.807) is 0 Å². The van der Waals surface area contributed by atoms with E-state index in [4.69, 9.17) is 35.0 Å². The Bertz CT molecular complexity index is 407. The van der Waals surface area contributed by atoms with E-state index in [0.29, 0.717) is 6.04 Å². The second-order valence-corrected chi connectivity index (χ2v) is 6.81. The molecule has 0 spiro atoms. The molecule has 0 saturated carbocycles. The molecule has 0 radical (unpaired) electrons. The molecule has 3 aliphatic rings. The number of ether oxygens (including phenoxy) is 3. The minimum absolute atomic E-state index is 0.0619. The lowest BCUT2D eigenvalue weighted by atomic mass is 9.99. The Morgan fingerprint density at radius 2 is 1.87 bits per heavy atom. The van der Waals surface area contributed by atoms with Gasteiger partial charge in [-0.15, -0.1) is 0 Å². The van der Waals surface area contributed by atoms with Crippen molar-refractivity contribution in [3.8, 4) is 0 Å². The van der Waals surface area contributed by atoms with Crippen molar-refractivity contribution in [1.29, 1.82) is 0 Å². The molecule has 0 bridgehead atoms. The highest BCUT2D eigenvalue weighted by Crippen LogP contribution is 2.42. The third kappa shape index (κ3) is 5.02. The third-order valence-electron chi connectivity index (χ3n) is 4.37. The first-order valence-corrected chi connectivity index (χ1v) is 8.14. The maximum Gasteiger partial charge on any atom is 0.503 e. The van der Waals surface area contributed by atoms with E-state index in [1.807, 2.05) is 13.8 Å². The zero-order valence-electron chi connectivity index (χ0n) is 13.9. The SMILES string of the molecule is CC1(C)O[C@H]2CCCOC2(CN2CCC(N)CC2)O1.O=C(O)O. The van der Waals surface area contributed by atoms with Gasteiger partial charge in [0.15, 0.2) is 5.79 Å². The summed E-state index contributed by atoms with van der Waals surface area (Å²) >= 11 is 0. The Kier molecular flexibility index (Phi) is 5.85. The molecule has 8 nitrogen and oxygen atoms in total. The molecular formula is C15H28N2O6. The van der Waals surface area contributed by atoms with Gasteiger partial charge in [0.1, 0.15) is 6.10 Å². The average molecular weight is 332 g/mol. The number of piperidine rings is 1. The number of carbonyl (C=O) groups is 1. The molecule has 1 unspecified atom stereocenters. The first kappa shape index (κ1) is 18.4. The van der Waals surface area contributed by atoms with Crippen LogP contribution in [-0.2, 0) is 14.2 Å². The lowest BCUT2D eigenvalue weighted by molar-refractivity contribution is -0.271. The summed E-state index contributed by atoms with van der Waals surface area (Å²) in [6.45, 7) is 7.58. The van der Waals surface area contributed by atoms with Crippen LogP contribution >= 0.6 is 0 Å². The van der Waals surface area contributed by atoms with E-state index in [9.17, 15) is 0 Å². The monoisotopic (exact) mass is 332 g/mol. The standard InChI is InChI=1S/C14H26N2O3.CH2O3/c1-13(2)18-12-4-3-9-17-14(12,19-13)10-16-7-5-11(15)6-8-16;2-1(3)4/h11-12H,3-10,15H2,1-2H3;(H2,2,3,4)/t12-,14?;/m0./s1. The van der Waals surface area contributed by atoms with Crippen LogP contribution in [0, 0.1) is 0 Å². The van der Waals surface area contributed by atoms with Gasteiger partial charge in [0, 0.05) is 6.04 Å². The van der Waals surface area contributed by atoms with Gasteiger partial charge in [0.25, 0.3) is 0 Å². The summed E-state index contributed by atoms with van der Waals surface area (Å²) < 4.78 is 18.2. The summed E-state index contributed by atoms with van der Waals surface area (Å²) in [7, 11) is 0. The Morgan fingerprint density at radius 3 is 2.48 bits per heavy atom. The van der Waals surface area contributed by atoms with Crippen LogP contribution in [0.25, 0.3) is 0 Å². The minimum atomic E-state index is -1.83. The summed E-state index contributed by atoms with van der Waals surface area (Å²) in [6, 6.07) is 0.356. The molecular weight excluding hydrogens is 304 g/mol. The van der Waals surface area contributed by atoms with E-state index in [2.05, 4.69) is 4.90 Å². The average Bonchev–Trinajstić information content (AvgIpc) is 2.70. The molecule has 0 aromatic heterocycles. The second-order valence-electron chi connectivity index (χ2n) is 6.81. The van der Waals surface area contributed by atoms with Crippen LogP contribution in [-0.4, -0.2) is 71.2 Å². The highest BCUT2D eigenvalue weighted by atomic mass is 16.8. The van der Waals surface area contributed by atoms with Gasteiger partial charge in [-0.3, -0.25) is 4.90 Å². The van der Waals surface area contributed by atoms with Crippen molar-refractivity contribution in [2.75, 3.05) is 26.2 Å². The molecule has 3 rings (SSSR count). The zero-order valence-corrected chi connectivity index (χ0v) is 13.9. The number of hydrogen-bond acceptors (Lipinski definition) is 6. The van der Waals surface area contributed by atoms with Crippen LogP contribution in [0.2, 0.25) is 0 Å². The fourth-order valence-electron chi connectivity index (χ4n) is 3.46.